The van der Waals surface area contributed by atoms with Crippen molar-refractivity contribution in [1.82, 2.24) is 15.3 Å². The topological polar surface area (TPSA) is 78.9 Å². The molecule has 118 valence electrons. The van der Waals surface area contributed by atoms with Gasteiger partial charge in [0, 0.05) is 25.1 Å². The zero-order chi connectivity index (χ0) is 15.8. The highest BCUT2D eigenvalue weighted by atomic mass is 16.2. The zero-order valence-electron chi connectivity index (χ0n) is 13.7. The smallest absolute Gasteiger partial charge is 0.242 e. The van der Waals surface area contributed by atoms with Crippen molar-refractivity contribution in [3.63, 3.8) is 0 Å². The molecule has 0 radical (unpaired) electrons. The lowest BCUT2D eigenvalue weighted by atomic mass is 10.2. The van der Waals surface area contributed by atoms with Crippen LogP contribution in [0.1, 0.15) is 52.8 Å². The Morgan fingerprint density at radius 2 is 1.86 bits per heavy atom. The van der Waals surface area contributed by atoms with E-state index in [1.165, 1.54) is 0 Å². The molecular formula is C15H27N5O. The number of nitrogens with one attached hydrogen (secondary N) is 3. The van der Waals surface area contributed by atoms with Crippen LogP contribution in [-0.4, -0.2) is 35.0 Å². The van der Waals surface area contributed by atoms with Gasteiger partial charge in [-0.15, -0.1) is 0 Å². The Morgan fingerprint density at radius 1 is 1.19 bits per heavy atom. The largest absolute Gasteiger partial charge is 0.370 e. The van der Waals surface area contributed by atoms with Crippen LogP contribution in [0.5, 0.6) is 0 Å². The van der Waals surface area contributed by atoms with Gasteiger partial charge in [-0.05, 0) is 20.3 Å². The predicted octanol–water partition coefficient (Wildman–Crippen LogP) is 2.36. The third-order valence-corrected chi connectivity index (χ3v) is 2.92. The summed E-state index contributed by atoms with van der Waals surface area (Å²) in [5, 5.41) is 9.20. The Balaban J connectivity index is 2.83. The van der Waals surface area contributed by atoms with Gasteiger partial charge in [0.1, 0.15) is 23.5 Å². The Morgan fingerprint density at radius 3 is 2.43 bits per heavy atom. The average Bonchev–Trinajstić information content (AvgIpc) is 2.44. The molecule has 21 heavy (non-hydrogen) atoms. The molecule has 0 aliphatic carbocycles. The van der Waals surface area contributed by atoms with E-state index in [4.69, 9.17) is 0 Å². The van der Waals surface area contributed by atoms with Crippen molar-refractivity contribution in [2.24, 2.45) is 0 Å². The van der Waals surface area contributed by atoms with E-state index in [2.05, 4.69) is 25.9 Å². The van der Waals surface area contributed by atoms with Gasteiger partial charge < -0.3 is 16.0 Å². The van der Waals surface area contributed by atoms with Crippen LogP contribution in [0.15, 0.2) is 6.07 Å². The van der Waals surface area contributed by atoms with Gasteiger partial charge in [-0.1, -0.05) is 20.8 Å². The van der Waals surface area contributed by atoms with Gasteiger partial charge in [-0.2, -0.15) is 0 Å². The molecule has 0 spiro atoms. The fourth-order valence-electron chi connectivity index (χ4n) is 1.76. The van der Waals surface area contributed by atoms with E-state index in [1.54, 1.807) is 0 Å². The molecule has 1 heterocycles. The molecule has 1 aromatic heterocycles. The molecule has 6 heteroatoms. The molecule has 3 N–H and O–H groups in total. The molecule has 1 rings (SSSR count). The second-order valence-corrected chi connectivity index (χ2v) is 5.34. The highest BCUT2D eigenvalue weighted by Gasteiger charge is 2.14. The van der Waals surface area contributed by atoms with Crippen LogP contribution in [0.4, 0.5) is 11.6 Å². The number of carbonyl (C=O) groups excluding carboxylic acids is 1. The normalized spacial score (nSPS) is 12.1. The lowest BCUT2D eigenvalue weighted by Crippen LogP contribution is -2.38. The van der Waals surface area contributed by atoms with Gasteiger partial charge in [0.25, 0.3) is 0 Å². The highest BCUT2D eigenvalue weighted by Crippen LogP contribution is 2.17. The van der Waals surface area contributed by atoms with Gasteiger partial charge in [0.05, 0.1) is 0 Å². The van der Waals surface area contributed by atoms with E-state index in [0.29, 0.717) is 12.4 Å². The van der Waals surface area contributed by atoms with Gasteiger partial charge >= 0.3 is 0 Å². The van der Waals surface area contributed by atoms with E-state index >= 15 is 0 Å². The Bertz CT molecular complexity index is 461. The van der Waals surface area contributed by atoms with Crippen molar-refractivity contribution < 1.29 is 4.79 Å². The number of aromatic nitrogens is 2. The molecule has 1 atom stereocenters. The number of rotatable bonds is 8. The van der Waals surface area contributed by atoms with Gasteiger partial charge in [0.2, 0.25) is 5.91 Å². The summed E-state index contributed by atoms with van der Waals surface area (Å²) in [6, 6.07) is 1.50. The van der Waals surface area contributed by atoms with Crippen LogP contribution in [-0.2, 0) is 4.79 Å². The van der Waals surface area contributed by atoms with Crippen LogP contribution in [0.25, 0.3) is 0 Å². The van der Waals surface area contributed by atoms with Gasteiger partial charge in [-0.3, -0.25) is 4.79 Å². The van der Waals surface area contributed by atoms with Crippen molar-refractivity contribution >= 4 is 17.5 Å². The maximum atomic E-state index is 11.9. The molecule has 0 saturated heterocycles. The van der Waals surface area contributed by atoms with Crippen molar-refractivity contribution in [2.75, 3.05) is 23.7 Å². The summed E-state index contributed by atoms with van der Waals surface area (Å²) in [5.74, 6) is 2.42. The average molecular weight is 293 g/mol. The first-order valence-corrected chi connectivity index (χ1v) is 7.65. The minimum absolute atomic E-state index is 0.0217. The van der Waals surface area contributed by atoms with Gasteiger partial charge in [-0.25, -0.2) is 9.97 Å². The Hall–Kier alpha value is -1.85. The Labute approximate surface area is 127 Å². The molecule has 0 bridgehead atoms. The molecule has 0 aromatic carbocycles. The standard InChI is InChI=1S/C15H27N5O/c1-6-8-17-15(21)11(5)18-13-9-12(16-7-2)19-14(20-13)10(3)4/h9-11H,6-8H2,1-5H3,(H,17,21)(H2,16,18,19,20). The predicted molar refractivity (Wildman–Crippen MR) is 86.7 cm³/mol. The first-order chi connectivity index (χ1) is 9.97. The van der Waals surface area contributed by atoms with Crippen molar-refractivity contribution in [2.45, 2.75) is 53.0 Å². The molecule has 0 aliphatic rings. The van der Waals surface area contributed by atoms with Gasteiger partial charge in [0.15, 0.2) is 0 Å². The summed E-state index contributed by atoms with van der Waals surface area (Å²) >= 11 is 0. The fourth-order valence-corrected chi connectivity index (χ4v) is 1.76. The molecule has 0 aliphatic heterocycles. The second kappa shape index (κ2) is 8.44. The minimum Gasteiger partial charge on any atom is -0.370 e. The number of hydrogen-bond acceptors (Lipinski definition) is 5. The summed E-state index contributed by atoms with van der Waals surface area (Å²) in [6.07, 6.45) is 0.925. The Kier molecular flexibility index (Phi) is 6.91. The lowest BCUT2D eigenvalue weighted by Gasteiger charge is -2.16. The highest BCUT2D eigenvalue weighted by molar-refractivity contribution is 5.83. The third-order valence-electron chi connectivity index (χ3n) is 2.92. The van der Waals surface area contributed by atoms with E-state index in [1.807, 2.05) is 40.7 Å². The van der Waals surface area contributed by atoms with Crippen molar-refractivity contribution in [3.05, 3.63) is 11.9 Å². The van der Waals surface area contributed by atoms with E-state index < -0.39 is 0 Å². The van der Waals surface area contributed by atoms with Crippen molar-refractivity contribution in [1.29, 1.82) is 0 Å². The molecular weight excluding hydrogens is 266 g/mol. The summed E-state index contributed by atoms with van der Waals surface area (Å²) in [5.41, 5.74) is 0. The van der Waals surface area contributed by atoms with E-state index in [0.717, 1.165) is 24.6 Å². The molecule has 0 saturated carbocycles. The first-order valence-electron chi connectivity index (χ1n) is 7.65. The maximum absolute atomic E-state index is 11.9. The minimum atomic E-state index is -0.332. The summed E-state index contributed by atoms with van der Waals surface area (Å²) in [6.45, 7) is 11.5. The fraction of sp³-hybridized carbons (Fsp3) is 0.667. The maximum Gasteiger partial charge on any atom is 0.242 e. The zero-order valence-corrected chi connectivity index (χ0v) is 13.7. The summed E-state index contributed by atoms with van der Waals surface area (Å²) < 4.78 is 0. The van der Waals surface area contributed by atoms with Crippen molar-refractivity contribution in [3.8, 4) is 0 Å². The number of nitrogens with zero attached hydrogens (tertiary/aromatic N) is 2. The first kappa shape index (κ1) is 17.2. The quantitative estimate of drug-likeness (QED) is 0.685. The number of amides is 1. The molecule has 1 unspecified atom stereocenters. The van der Waals surface area contributed by atoms with Crippen LogP contribution >= 0.6 is 0 Å². The van der Waals surface area contributed by atoms with Crippen LogP contribution < -0.4 is 16.0 Å². The number of carbonyl (C=O) groups is 1. The van der Waals surface area contributed by atoms with E-state index in [9.17, 15) is 4.79 Å². The molecule has 1 amide bonds. The van der Waals surface area contributed by atoms with E-state index in [-0.39, 0.29) is 17.9 Å². The lowest BCUT2D eigenvalue weighted by molar-refractivity contribution is -0.121. The monoisotopic (exact) mass is 293 g/mol. The SMILES string of the molecule is CCCNC(=O)C(C)Nc1cc(NCC)nc(C(C)C)n1. The number of hydrogen-bond donors (Lipinski definition) is 3. The second-order valence-electron chi connectivity index (χ2n) is 5.34. The van der Waals surface area contributed by atoms with Crippen LogP contribution in [0.3, 0.4) is 0 Å². The molecule has 1 aromatic rings. The molecule has 0 fully saturated rings. The number of anilines is 2. The summed E-state index contributed by atoms with van der Waals surface area (Å²) in [4.78, 5) is 20.8. The van der Waals surface area contributed by atoms with Crippen LogP contribution in [0, 0.1) is 0 Å². The summed E-state index contributed by atoms with van der Waals surface area (Å²) in [7, 11) is 0. The van der Waals surface area contributed by atoms with Crippen LogP contribution in [0.2, 0.25) is 0 Å². The third kappa shape index (κ3) is 5.57. The molecule has 6 nitrogen and oxygen atoms in total.